The summed E-state index contributed by atoms with van der Waals surface area (Å²) < 4.78 is 11.1. The monoisotopic (exact) mass is 337 g/mol. The second-order valence-corrected chi connectivity index (χ2v) is 6.67. The van der Waals surface area contributed by atoms with Crippen LogP contribution in [0.3, 0.4) is 0 Å². The molecule has 0 amide bonds. The van der Waals surface area contributed by atoms with Crippen LogP contribution in [0.2, 0.25) is 5.02 Å². The summed E-state index contributed by atoms with van der Waals surface area (Å²) in [5.74, 6) is -0.0280. The van der Waals surface area contributed by atoms with Crippen LogP contribution in [0.1, 0.15) is 25.0 Å². The van der Waals surface area contributed by atoms with Crippen LogP contribution in [0, 0.1) is 6.92 Å². The van der Waals surface area contributed by atoms with Gasteiger partial charge in [-0.3, -0.25) is 4.90 Å². The minimum Gasteiger partial charge on any atom is -0.506 e. The Bertz CT molecular complexity index is 791. The molecule has 1 aliphatic heterocycles. The molecule has 3 rings (SSSR count). The largest absolute Gasteiger partial charge is 0.506 e. The van der Waals surface area contributed by atoms with Gasteiger partial charge in [-0.1, -0.05) is 11.6 Å². The number of hydrogen-bond donors (Lipinski definition) is 1. The highest BCUT2D eigenvalue weighted by atomic mass is 35.5. The van der Waals surface area contributed by atoms with Crippen LogP contribution in [-0.2, 0) is 11.3 Å². The number of fused-ring (bicyclic) bond motifs is 1. The number of rotatable bonds is 2. The molecule has 0 unspecified atom stereocenters. The zero-order chi connectivity index (χ0) is 16.7. The van der Waals surface area contributed by atoms with Gasteiger partial charge in [0.1, 0.15) is 11.3 Å². The number of aryl methyl sites for hydroxylation is 1. The summed E-state index contributed by atoms with van der Waals surface area (Å²) in [6, 6.07) is 3.07. The van der Waals surface area contributed by atoms with E-state index in [1.54, 1.807) is 6.07 Å². The topological polar surface area (TPSA) is 62.9 Å². The number of phenolic OH excluding ortho intramolecular Hbond substituents is 1. The fraction of sp³-hybridized carbons (Fsp3) is 0.471. The number of aromatic hydroxyl groups is 1. The first-order valence-electron chi connectivity index (χ1n) is 7.67. The number of phenols is 1. The van der Waals surface area contributed by atoms with Crippen molar-refractivity contribution in [3.63, 3.8) is 0 Å². The molecule has 2 aromatic rings. The number of halogens is 1. The van der Waals surface area contributed by atoms with Gasteiger partial charge in [-0.2, -0.15) is 0 Å². The lowest BCUT2D eigenvalue weighted by atomic mass is 10.0. The third-order valence-corrected chi connectivity index (χ3v) is 4.43. The first-order valence-corrected chi connectivity index (χ1v) is 8.05. The van der Waals surface area contributed by atoms with Gasteiger partial charge in [-0.15, -0.1) is 0 Å². The summed E-state index contributed by atoms with van der Waals surface area (Å²) in [7, 11) is 0. The van der Waals surface area contributed by atoms with Crippen LogP contribution in [0.25, 0.3) is 11.0 Å². The third kappa shape index (κ3) is 3.22. The minimum atomic E-state index is -0.429. The highest BCUT2D eigenvalue weighted by molar-refractivity contribution is 6.33. The van der Waals surface area contributed by atoms with E-state index in [1.165, 1.54) is 6.07 Å². The molecular weight excluding hydrogens is 318 g/mol. The number of benzene rings is 1. The molecular formula is C17H20ClNO4. The molecule has 1 aliphatic rings. The summed E-state index contributed by atoms with van der Waals surface area (Å²) in [5, 5.41) is 11.4. The molecule has 0 bridgehead atoms. The Morgan fingerprint density at radius 2 is 1.96 bits per heavy atom. The molecule has 2 atom stereocenters. The molecule has 1 N–H and O–H groups in total. The molecule has 5 nitrogen and oxygen atoms in total. The second kappa shape index (κ2) is 6.15. The Morgan fingerprint density at radius 3 is 2.61 bits per heavy atom. The molecule has 0 saturated carbocycles. The van der Waals surface area contributed by atoms with E-state index >= 15 is 0 Å². The van der Waals surface area contributed by atoms with Gasteiger partial charge in [0, 0.05) is 31.1 Å². The maximum atomic E-state index is 11.7. The molecule has 0 aliphatic carbocycles. The quantitative estimate of drug-likeness (QED) is 0.853. The third-order valence-electron chi connectivity index (χ3n) is 4.14. The minimum absolute atomic E-state index is 0.0280. The van der Waals surface area contributed by atoms with Crippen molar-refractivity contribution < 1.29 is 14.3 Å². The predicted octanol–water partition coefficient (Wildman–Crippen LogP) is 3.07. The van der Waals surface area contributed by atoms with Crippen LogP contribution in [0.4, 0.5) is 0 Å². The van der Waals surface area contributed by atoms with Crippen molar-refractivity contribution in [1.82, 2.24) is 4.90 Å². The highest BCUT2D eigenvalue weighted by Crippen LogP contribution is 2.36. The van der Waals surface area contributed by atoms with Gasteiger partial charge < -0.3 is 14.3 Å². The Labute approximate surface area is 139 Å². The van der Waals surface area contributed by atoms with Gasteiger partial charge in [0.25, 0.3) is 0 Å². The summed E-state index contributed by atoms with van der Waals surface area (Å²) >= 11 is 6.17. The predicted molar refractivity (Wildman–Crippen MR) is 89.2 cm³/mol. The van der Waals surface area contributed by atoms with Gasteiger partial charge in [0.05, 0.1) is 22.8 Å². The van der Waals surface area contributed by atoms with Crippen molar-refractivity contribution in [2.24, 2.45) is 0 Å². The van der Waals surface area contributed by atoms with E-state index in [1.807, 2.05) is 20.8 Å². The van der Waals surface area contributed by atoms with E-state index < -0.39 is 5.63 Å². The van der Waals surface area contributed by atoms with Crippen LogP contribution in [0.15, 0.2) is 21.3 Å². The van der Waals surface area contributed by atoms with Gasteiger partial charge >= 0.3 is 5.63 Å². The zero-order valence-electron chi connectivity index (χ0n) is 13.4. The van der Waals surface area contributed by atoms with Crippen molar-refractivity contribution in [1.29, 1.82) is 0 Å². The first kappa shape index (κ1) is 16.3. The SMILES string of the molecule is Cc1cc(=O)oc2c(CN3C[C@H](C)O[C@@H](C)C3)c(O)c(Cl)cc12. The van der Waals surface area contributed by atoms with Crippen molar-refractivity contribution in [3.8, 4) is 5.75 Å². The molecule has 6 heteroatoms. The number of hydrogen-bond acceptors (Lipinski definition) is 5. The van der Waals surface area contributed by atoms with Crippen LogP contribution < -0.4 is 5.63 Å². The lowest BCUT2D eigenvalue weighted by Gasteiger charge is -2.35. The Kier molecular flexibility index (Phi) is 4.36. The summed E-state index contributed by atoms with van der Waals surface area (Å²) in [5.41, 5.74) is 1.31. The summed E-state index contributed by atoms with van der Waals surface area (Å²) in [6.07, 6.45) is 0.222. The van der Waals surface area contributed by atoms with Crippen molar-refractivity contribution in [2.75, 3.05) is 13.1 Å². The first-order chi connectivity index (χ1) is 10.8. The lowest BCUT2D eigenvalue weighted by Crippen LogP contribution is -2.44. The molecule has 23 heavy (non-hydrogen) atoms. The molecule has 1 fully saturated rings. The molecule has 2 heterocycles. The fourth-order valence-corrected chi connectivity index (χ4v) is 3.48. The van der Waals surface area contributed by atoms with E-state index in [-0.39, 0.29) is 23.0 Å². The molecule has 1 aromatic heterocycles. The van der Waals surface area contributed by atoms with Gasteiger partial charge in [0.2, 0.25) is 0 Å². The molecule has 0 radical (unpaired) electrons. The van der Waals surface area contributed by atoms with E-state index in [0.717, 1.165) is 24.0 Å². The number of nitrogens with zero attached hydrogens (tertiary/aromatic N) is 1. The summed E-state index contributed by atoms with van der Waals surface area (Å²) in [6.45, 7) is 7.80. The summed E-state index contributed by atoms with van der Waals surface area (Å²) in [4.78, 5) is 13.9. The van der Waals surface area contributed by atoms with Crippen molar-refractivity contribution >= 4 is 22.6 Å². The molecule has 0 spiro atoms. The van der Waals surface area contributed by atoms with E-state index in [2.05, 4.69) is 4.90 Å². The fourth-order valence-electron chi connectivity index (χ4n) is 3.25. The maximum Gasteiger partial charge on any atom is 0.336 e. The highest BCUT2D eigenvalue weighted by Gasteiger charge is 2.25. The molecule has 1 saturated heterocycles. The number of morpholine rings is 1. The van der Waals surface area contributed by atoms with E-state index in [4.69, 9.17) is 20.8 Å². The second-order valence-electron chi connectivity index (χ2n) is 6.26. The van der Waals surface area contributed by atoms with Gasteiger partial charge in [-0.25, -0.2) is 4.79 Å². The number of ether oxygens (including phenoxy) is 1. The molecule has 1 aromatic carbocycles. The van der Waals surface area contributed by atoms with Crippen LogP contribution in [0.5, 0.6) is 5.75 Å². The average molecular weight is 338 g/mol. The Balaban J connectivity index is 2.09. The van der Waals surface area contributed by atoms with E-state index in [0.29, 0.717) is 17.7 Å². The lowest BCUT2D eigenvalue weighted by molar-refractivity contribution is -0.0705. The standard InChI is InChI=1S/C17H20ClNO4/c1-9-4-15(20)23-17-12(9)5-14(18)16(21)13(17)8-19-6-10(2)22-11(3)7-19/h4-5,10-11,21H,6-8H2,1-3H3/t10-,11-/m0/s1. The van der Waals surface area contributed by atoms with Crippen molar-refractivity contribution in [3.05, 3.63) is 38.7 Å². The average Bonchev–Trinajstić information content (AvgIpc) is 2.44. The maximum absolute atomic E-state index is 11.7. The smallest absolute Gasteiger partial charge is 0.336 e. The van der Waals surface area contributed by atoms with E-state index in [9.17, 15) is 9.90 Å². The normalized spacial score (nSPS) is 22.6. The van der Waals surface area contributed by atoms with Crippen LogP contribution >= 0.6 is 11.6 Å². The zero-order valence-corrected chi connectivity index (χ0v) is 14.2. The van der Waals surface area contributed by atoms with Gasteiger partial charge in [0.15, 0.2) is 0 Å². The molecule has 124 valence electrons. The van der Waals surface area contributed by atoms with Gasteiger partial charge in [-0.05, 0) is 32.4 Å². The van der Waals surface area contributed by atoms with Crippen molar-refractivity contribution in [2.45, 2.75) is 39.5 Å². The Hall–Kier alpha value is -1.56. The Morgan fingerprint density at radius 1 is 1.30 bits per heavy atom. The van der Waals surface area contributed by atoms with Crippen LogP contribution in [-0.4, -0.2) is 35.3 Å².